The Morgan fingerprint density at radius 2 is 2.29 bits per heavy atom. The first-order valence-electron chi connectivity index (χ1n) is 5.23. The average molecular weight is 199 g/mol. The van der Waals surface area contributed by atoms with Gasteiger partial charge in [0, 0.05) is 25.7 Å². The van der Waals surface area contributed by atoms with Gasteiger partial charge in [-0.05, 0) is 12.3 Å². The molecule has 2 aliphatic heterocycles. The van der Waals surface area contributed by atoms with E-state index < -0.39 is 5.97 Å². The smallest absolute Gasteiger partial charge is 0.308 e. The highest BCUT2D eigenvalue weighted by Crippen LogP contribution is 2.27. The highest BCUT2D eigenvalue weighted by atomic mass is 16.5. The zero-order chi connectivity index (χ0) is 10.1. The lowest BCUT2D eigenvalue weighted by atomic mass is 9.99. The molecule has 0 aromatic rings. The van der Waals surface area contributed by atoms with Crippen LogP contribution >= 0.6 is 0 Å². The first kappa shape index (κ1) is 9.93. The van der Waals surface area contributed by atoms with Gasteiger partial charge in [0.05, 0.1) is 12.5 Å². The van der Waals surface area contributed by atoms with Gasteiger partial charge >= 0.3 is 5.97 Å². The second kappa shape index (κ2) is 3.87. The van der Waals surface area contributed by atoms with Gasteiger partial charge in [-0.25, -0.2) is 0 Å². The minimum Gasteiger partial charge on any atom is -0.481 e. The fourth-order valence-corrected chi connectivity index (χ4v) is 2.43. The molecule has 2 saturated heterocycles. The number of carbonyl (C=O) groups is 1. The number of hydrogen-bond donors (Lipinski definition) is 1. The van der Waals surface area contributed by atoms with E-state index in [4.69, 9.17) is 9.84 Å². The molecule has 0 radical (unpaired) electrons. The van der Waals surface area contributed by atoms with Crippen molar-refractivity contribution in [2.75, 3.05) is 26.3 Å². The van der Waals surface area contributed by atoms with Crippen LogP contribution in [0.4, 0.5) is 0 Å². The Balaban J connectivity index is 1.94. The van der Waals surface area contributed by atoms with Gasteiger partial charge in [-0.3, -0.25) is 9.69 Å². The third-order valence-corrected chi connectivity index (χ3v) is 3.38. The number of aliphatic carboxylic acids is 1. The number of ether oxygens (including phenoxy) is 1. The molecule has 14 heavy (non-hydrogen) atoms. The zero-order valence-corrected chi connectivity index (χ0v) is 8.48. The van der Waals surface area contributed by atoms with Gasteiger partial charge in [-0.15, -0.1) is 0 Å². The maximum atomic E-state index is 10.9. The highest BCUT2D eigenvalue weighted by Gasteiger charge is 2.38. The molecule has 0 aromatic heterocycles. The van der Waals surface area contributed by atoms with Crippen LogP contribution < -0.4 is 0 Å². The molecule has 0 bridgehead atoms. The van der Waals surface area contributed by atoms with Gasteiger partial charge in [0.1, 0.15) is 0 Å². The standard InChI is InChI=1S/C10H17NO3/c1-7-4-11(5-9(7)10(12)13)8-2-3-14-6-8/h7-9H,2-6H2,1H3,(H,12,13)/t7-,8?,9-/m1/s1. The molecule has 1 N–H and O–H groups in total. The molecule has 0 spiro atoms. The second-order valence-corrected chi connectivity index (χ2v) is 4.39. The average Bonchev–Trinajstić information content (AvgIpc) is 2.70. The lowest BCUT2D eigenvalue weighted by Crippen LogP contribution is -2.34. The van der Waals surface area contributed by atoms with E-state index in [-0.39, 0.29) is 11.8 Å². The van der Waals surface area contributed by atoms with Crippen molar-refractivity contribution in [2.24, 2.45) is 11.8 Å². The van der Waals surface area contributed by atoms with Crippen LogP contribution in [0.25, 0.3) is 0 Å². The normalized spacial score (nSPS) is 39.1. The molecular weight excluding hydrogens is 182 g/mol. The SMILES string of the molecule is C[C@@H]1CN(C2CCOC2)C[C@H]1C(=O)O. The molecule has 4 heteroatoms. The van der Waals surface area contributed by atoms with E-state index in [1.165, 1.54) is 0 Å². The fraction of sp³-hybridized carbons (Fsp3) is 0.900. The molecule has 80 valence electrons. The lowest BCUT2D eigenvalue weighted by molar-refractivity contribution is -0.142. The van der Waals surface area contributed by atoms with Crippen LogP contribution in [0.15, 0.2) is 0 Å². The summed E-state index contributed by atoms with van der Waals surface area (Å²) in [5.41, 5.74) is 0. The van der Waals surface area contributed by atoms with Crippen LogP contribution in [0.3, 0.4) is 0 Å². The third-order valence-electron chi connectivity index (χ3n) is 3.38. The Kier molecular flexibility index (Phi) is 2.74. The van der Waals surface area contributed by atoms with Crippen LogP contribution in [-0.2, 0) is 9.53 Å². The van der Waals surface area contributed by atoms with Gasteiger partial charge < -0.3 is 9.84 Å². The summed E-state index contributed by atoms with van der Waals surface area (Å²) in [6, 6.07) is 0.460. The van der Waals surface area contributed by atoms with Crippen molar-refractivity contribution >= 4 is 5.97 Å². The van der Waals surface area contributed by atoms with Gasteiger partial charge in [0.15, 0.2) is 0 Å². The van der Waals surface area contributed by atoms with Crippen LogP contribution in [0.5, 0.6) is 0 Å². The Bertz CT molecular complexity index is 225. The summed E-state index contributed by atoms with van der Waals surface area (Å²) >= 11 is 0. The first-order chi connectivity index (χ1) is 6.68. The van der Waals surface area contributed by atoms with Crippen molar-refractivity contribution in [3.05, 3.63) is 0 Å². The van der Waals surface area contributed by atoms with Gasteiger partial charge in [0.2, 0.25) is 0 Å². The third kappa shape index (κ3) is 1.77. The zero-order valence-electron chi connectivity index (χ0n) is 8.48. The molecule has 4 nitrogen and oxygen atoms in total. The number of likely N-dealkylation sites (tertiary alicyclic amines) is 1. The Hall–Kier alpha value is -0.610. The molecular formula is C10H17NO3. The molecule has 3 atom stereocenters. The summed E-state index contributed by atoms with van der Waals surface area (Å²) in [6.45, 7) is 5.23. The van der Waals surface area contributed by atoms with E-state index in [1.54, 1.807) is 0 Å². The maximum absolute atomic E-state index is 10.9. The Labute approximate surface area is 83.8 Å². The molecule has 0 amide bonds. The molecule has 0 aliphatic carbocycles. The topological polar surface area (TPSA) is 49.8 Å². The van der Waals surface area contributed by atoms with Crippen molar-refractivity contribution in [3.8, 4) is 0 Å². The molecule has 2 fully saturated rings. The van der Waals surface area contributed by atoms with Gasteiger partial charge in [-0.2, -0.15) is 0 Å². The van der Waals surface area contributed by atoms with Crippen LogP contribution in [0, 0.1) is 11.8 Å². The van der Waals surface area contributed by atoms with E-state index >= 15 is 0 Å². The maximum Gasteiger partial charge on any atom is 0.308 e. The minimum atomic E-state index is -0.654. The largest absolute Gasteiger partial charge is 0.481 e. The number of hydrogen-bond acceptors (Lipinski definition) is 3. The molecule has 0 saturated carbocycles. The van der Waals surface area contributed by atoms with E-state index in [0.29, 0.717) is 12.6 Å². The van der Waals surface area contributed by atoms with Crippen molar-refractivity contribution in [2.45, 2.75) is 19.4 Å². The van der Waals surface area contributed by atoms with Crippen LogP contribution in [-0.4, -0.2) is 48.3 Å². The van der Waals surface area contributed by atoms with Crippen molar-refractivity contribution < 1.29 is 14.6 Å². The van der Waals surface area contributed by atoms with E-state index in [0.717, 1.165) is 26.2 Å². The van der Waals surface area contributed by atoms with E-state index in [9.17, 15) is 4.79 Å². The second-order valence-electron chi connectivity index (χ2n) is 4.39. The Morgan fingerprint density at radius 1 is 1.50 bits per heavy atom. The summed E-state index contributed by atoms with van der Waals surface area (Å²) in [4.78, 5) is 13.2. The number of carboxylic acids is 1. The number of nitrogens with zero attached hydrogens (tertiary/aromatic N) is 1. The van der Waals surface area contributed by atoms with Crippen molar-refractivity contribution in [1.82, 2.24) is 4.90 Å². The van der Waals surface area contributed by atoms with Gasteiger partial charge in [-0.1, -0.05) is 6.92 Å². The fourth-order valence-electron chi connectivity index (χ4n) is 2.43. The number of carboxylic acid groups (broad SMARTS) is 1. The predicted octanol–water partition coefficient (Wildman–Crippen LogP) is 0.428. The quantitative estimate of drug-likeness (QED) is 0.700. The predicted molar refractivity (Wildman–Crippen MR) is 51.1 cm³/mol. The molecule has 0 aromatic carbocycles. The van der Waals surface area contributed by atoms with Crippen LogP contribution in [0.1, 0.15) is 13.3 Å². The van der Waals surface area contributed by atoms with Crippen molar-refractivity contribution in [3.63, 3.8) is 0 Å². The van der Waals surface area contributed by atoms with E-state index in [1.807, 2.05) is 6.92 Å². The number of rotatable bonds is 2. The Morgan fingerprint density at radius 3 is 2.79 bits per heavy atom. The summed E-state index contributed by atoms with van der Waals surface area (Å²) in [7, 11) is 0. The minimum absolute atomic E-state index is 0.185. The first-order valence-corrected chi connectivity index (χ1v) is 5.23. The summed E-state index contributed by atoms with van der Waals surface area (Å²) < 4.78 is 5.31. The van der Waals surface area contributed by atoms with E-state index in [2.05, 4.69) is 4.90 Å². The molecule has 2 aliphatic rings. The molecule has 2 rings (SSSR count). The lowest BCUT2D eigenvalue weighted by Gasteiger charge is -2.21. The molecule has 2 heterocycles. The highest BCUT2D eigenvalue weighted by molar-refractivity contribution is 5.71. The van der Waals surface area contributed by atoms with Crippen LogP contribution in [0.2, 0.25) is 0 Å². The van der Waals surface area contributed by atoms with Crippen molar-refractivity contribution in [1.29, 1.82) is 0 Å². The van der Waals surface area contributed by atoms with Gasteiger partial charge in [0.25, 0.3) is 0 Å². The summed E-state index contributed by atoms with van der Waals surface area (Å²) in [5.74, 6) is -0.567. The summed E-state index contributed by atoms with van der Waals surface area (Å²) in [6.07, 6.45) is 1.05. The molecule has 1 unspecified atom stereocenters. The summed E-state index contributed by atoms with van der Waals surface area (Å²) in [5, 5.41) is 8.99. The monoisotopic (exact) mass is 199 g/mol.